The maximum Gasteiger partial charge on any atom is 0.118 e. The molecule has 0 saturated carbocycles. The number of fused-ring (bicyclic) bond motifs is 1. The van der Waals surface area contributed by atoms with Gasteiger partial charge in [0.1, 0.15) is 5.75 Å². The third-order valence-electron chi connectivity index (χ3n) is 3.85. The highest BCUT2D eigenvalue weighted by Crippen LogP contribution is 2.21. The molecule has 3 rings (SSSR count). The van der Waals surface area contributed by atoms with Crippen LogP contribution in [-0.4, -0.2) is 14.7 Å². The molecule has 1 N–H and O–H groups in total. The molecule has 0 unspecified atom stereocenters. The lowest BCUT2D eigenvalue weighted by Crippen LogP contribution is -1.98. The van der Waals surface area contributed by atoms with Crippen LogP contribution in [0.15, 0.2) is 36.7 Å². The maximum atomic E-state index is 9.59. The first kappa shape index (κ1) is 12.7. The van der Waals surface area contributed by atoms with Gasteiger partial charge in [-0.15, -0.1) is 0 Å². The zero-order valence-corrected chi connectivity index (χ0v) is 12.0. The second kappa shape index (κ2) is 4.67. The van der Waals surface area contributed by atoms with Crippen LogP contribution >= 0.6 is 0 Å². The fraction of sp³-hybridized carbons (Fsp3) is 0.235. The summed E-state index contributed by atoms with van der Waals surface area (Å²) in [6.07, 6.45) is 1.88. The molecule has 3 nitrogen and oxygen atoms in total. The van der Waals surface area contributed by atoms with Crippen molar-refractivity contribution in [2.24, 2.45) is 0 Å². The molecular formula is C17H18N2O. The Morgan fingerprint density at radius 1 is 1.00 bits per heavy atom. The highest BCUT2D eigenvalue weighted by molar-refractivity contribution is 5.77. The SMILES string of the molecule is Cc1cc2ncn(Cc3ccc(O)c(C)c3)c2cc1C. The first-order valence-corrected chi connectivity index (χ1v) is 6.75. The Labute approximate surface area is 118 Å². The molecule has 0 fully saturated rings. The van der Waals surface area contributed by atoms with Crippen molar-refractivity contribution >= 4 is 11.0 Å². The number of phenols is 1. The smallest absolute Gasteiger partial charge is 0.118 e. The summed E-state index contributed by atoms with van der Waals surface area (Å²) in [5, 5.41) is 9.59. The molecule has 102 valence electrons. The van der Waals surface area contributed by atoms with E-state index < -0.39 is 0 Å². The fourth-order valence-corrected chi connectivity index (χ4v) is 2.45. The van der Waals surface area contributed by atoms with E-state index in [1.54, 1.807) is 6.07 Å². The molecule has 0 amide bonds. The van der Waals surface area contributed by atoms with Crippen LogP contribution in [-0.2, 0) is 6.54 Å². The van der Waals surface area contributed by atoms with Gasteiger partial charge in [-0.05, 0) is 61.2 Å². The standard InChI is InChI=1S/C17H18N2O/c1-11-7-15-16(8-12(11)2)19(10-18-15)9-14-4-5-17(20)13(3)6-14/h4-8,10,20H,9H2,1-3H3. The Morgan fingerprint density at radius 2 is 1.75 bits per heavy atom. The highest BCUT2D eigenvalue weighted by Gasteiger charge is 2.06. The van der Waals surface area contributed by atoms with Gasteiger partial charge in [0, 0.05) is 6.54 Å². The minimum atomic E-state index is 0.343. The lowest BCUT2D eigenvalue weighted by atomic mass is 10.1. The summed E-state index contributed by atoms with van der Waals surface area (Å²) in [6.45, 7) is 6.91. The average molecular weight is 266 g/mol. The molecular weight excluding hydrogens is 248 g/mol. The van der Waals surface area contributed by atoms with Gasteiger partial charge in [0.05, 0.1) is 17.4 Å². The minimum Gasteiger partial charge on any atom is -0.508 e. The molecule has 1 aromatic heterocycles. The van der Waals surface area contributed by atoms with E-state index in [2.05, 4.69) is 35.5 Å². The number of imidazole rings is 1. The first-order chi connectivity index (χ1) is 9.54. The van der Waals surface area contributed by atoms with E-state index in [1.807, 2.05) is 25.4 Å². The Hall–Kier alpha value is -2.29. The van der Waals surface area contributed by atoms with Crippen molar-refractivity contribution in [2.75, 3.05) is 0 Å². The van der Waals surface area contributed by atoms with Crippen molar-refractivity contribution < 1.29 is 5.11 Å². The zero-order chi connectivity index (χ0) is 14.3. The molecule has 0 atom stereocenters. The number of rotatable bonds is 2. The number of benzene rings is 2. The number of phenolic OH excluding ortho intramolecular Hbond substituents is 1. The first-order valence-electron chi connectivity index (χ1n) is 6.75. The van der Waals surface area contributed by atoms with Gasteiger partial charge in [-0.3, -0.25) is 0 Å². The van der Waals surface area contributed by atoms with Crippen molar-refractivity contribution in [1.29, 1.82) is 0 Å². The average Bonchev–Trinajstić information content (AvgIpc) is 2.77. The molecule has 0 bridgehead atoms. The monoisotopic (exact) mass is 266 g/mol. The van der Waals surface area contributed by atoms with E-state index in [0.717, 1.165) is 28.7 Å². The lowest BCUT2D eigenvalue weighted by Gasteiger charge is -2.08. The van der Waals surface area contributed by atoms with Crippen LogP contribution in [0.5, 0.6) is 5.75 Å². The molecule has 3 aromatic rings. The lowest BCUT2D eigenvalue weighted by molar-refractivity contribution is 0.471. The van der Waals surface area contributed by atoms with Gasteiger partial charge >= 0.3 is 0 Å². The molecule has 20 heavy (non-hydrogen) atoms. The van der Waals surface area contributed by atoms with Crippen LogP contribution in [0, 0.1) is 20.8 Å². The third kappa shape index (κ3) is 2.16. The van der Waals surface area contributed by atoms with Gasteiger partial charge in [0.15, 0.2) is 0 Å². The van der Waals surface area contributed by atoms with Crippen molar-refractivity contribution in [3.8, 4) is 5.75 Å². The largest absolute Gasteiger partial charge is 0.508 e. The normalized spacial score (nSPS) is 11.2. The summed E-state index contributed by atoms with van der Waals surface area (Å²) in [4.78, 5) is 4.47. The van der Waals surface area contributed by atoms with E-state index in [9.17, 15) is 5.11 Å². The highest BCUT2D eigenvalue weighted by atomic mass is 16.3. The van der Waals surface area contributed by atoms with Crippen LogP contribution in [0.3, 0.4) is 0 Å². The summed E-state index contributed by atoms with van der Waals surface area (Å²) in [7, 11) is 0. The molecule has 0 aliphatic carbocycles. The Morgan fingerprint density at radius 3 is 2.50 bits per heavy atom. The van der Waals surface area contributed by atoms with Gasteiger partial charge in [-0.1, -0.05) is 12.1 Å². The maximum absolute atomic E-state index is 9.59. The van der Waals surface area contributed by atoms with Crippen LogP contribution < -0.4 is 0 Å². The molecule has 0 aliphatic heterocycles. The molecule has 1 heterocycles. The third-order valence-corrected chi connectivity index (χ3v) is 3.85. The molecule has 2 aromatic carbocycles. The van der Waals surface area contributed by atoms with E-state index >= 15 is 0 Å². The summed E-state index contributed by atoms with van der Waals surface area (Å²) < 4.78 is 2.15. The minimum absolute atomic E-state index is 0.343. The number of aryl methyl sites for hydroxylation is 3. The predicted octanol–water partition coefficient (Wildman–Crippen LogP) is 3.72. The second-order valence-corrected chi connectivity index (χ2v) is 5.42. The molecule has 0 radical (unpaired) electrons. The van der Waals surface area contributed by atoms with Crippen molar-refractivity contribution in [1.82, 2.24) is 9.55 Å². The zero-order valence-electron chi connectivity index (χ0n) is 12.0. The quantitative estimate of drug-likeness (QED) is 0.767. The van der Waals surface area contributed by atoms with E-state index in [-0.39, 0.29) is 0 Å². The second-order valence-electron chi connectivity index (χ2n) is 5.42. The molecule has 0 aliphatic rings. The number of nitrogens with zero attached hydrogens (tertiary/aromatic N) is 2. The summed E-state index contributed by atoms with van der Waals surface area (Å²) in [5.41, 5.74) is 6.79. The Kier molecular flexibility index (Phi) is 2.97. The van der Waals surface area contributed by atoms with Gasteiger partial charge in [0.2, 0.25) is 0 Å². The predicted molar refractivity (Wildman–Crippen MR) is 81.2 cm³/mol. The van der Waals surface area contributed by atoms with E-state index in [0.29, 0.717) is 5.75 Å². The number of hydrogen-bond acceptors (Lipinski definition) is 2. The van der Waals surface area contributed by atoms with Gasteiger partial charge in [0.25, 0.3) is 0 Å². The topological polar surface area (TPSA) is 38.0 Å². The van der Waals surface area contributed by atoms with Crippen molar-refractivity contribution in [3.63, 3.8) is 0 Å². The Balaban J connectivity index is 2.02. The summed E-state index contributed by atoms with van der Waals surface area (Å²) in [5.74, 6) is 0.343. The Bertz CT molecular complexity index is 787. The van der Waals surface area contributed by atoms with Gasteiger partial charge in [-0.2, -0.15) is 0 Å². The number of hydrogen-bond donors (Lipinski definition) is 1. The molecule has 0 saturated heterocycles. The molecule has 3 heteroatoms. The van der Waals surface area contributed by atoms with Gasteiger partial charge in [-0.25, -0.2) is 4.98 Å². The van der Waals surface area contributed by atoms with Crippen molar-refractivity contribution in [2.45, 2.75) is 27.3 Å². The van der Waals surface area contributed by atoms with Crippen LogP contribution in [0.1, 0.15) is 22.3 Å². The summed E-state index contributed by atoms with van der Waals surface area (Å²) in [6, 6.07) is 10.0. The molecule has 0 spiro atoms. The van der Waals surface area contributed by atoms with Gasteiger partial charge < -0.3 is 9.67 Å². The number of aromatic hydroxyl groups is 1. The van der Waals surface area contributed by atoms with E-state index in [1.165, 1.54) is 11.1 Å². The fourth-order valence-electron chi connectivity index (χ4n) is 2.45. The number of aromatic nitrogens is 2. The van der Waals surface area contributed by atoms with Crippen molar-refractivity contribution in [3.05, 3.63) is 58.9 Å². The van der Waals surface area contributed by atoms with Crippen LogP contribution in [0.25, 0.3) is 11.0 Å². The summed E-state index contributed by atoms with van der Waals surface area (Å²) >= 11 is 0. The van der Waals surface area contributed by atoms with E-state index in [4.69, 9.17) is 0 Å². The van der Waals surface area contributed by atoms with Crippen LogP contribution in [0.2, 0.25) is 0 Å². The van der Waals surface area contributed by atoms with Crippen LogP contribution in [0.4, 0.5) is 0 Å².